The fraction of sp³-hybridized carbons (Fsp3) is 0.211. The predicted octanol–water partition coefficient (Wildman–Crippen LogP) is 6.19. The highest BCUT2D eigenvalue weighted by atomic mass is 16.7. The smallest absolute Gasteiger partial charge is 0.331 e. The maximum atomic E-state index is 12.5. The topological polar surface area (TPSA) is 89.5 Å². The van der Waals surface area contributed by atoms with Gasteiger partial charge in [0.05, 0.1) is 13.2 Å². The largest absolute Gasteiger partial charge is 0.489 e. The van der Waals surface area contributed by atoms with Crippen molar-refractivity contribution in [3.05, 3.63) is 144 Å². The van der Waals surface area contributed by atoms with Gasteiger partial charge in [-0.15, -0.1) is 0 Å². The van der Waals surface area contributed by atoms with Crippen molar-refractivity contribution in [3.63, 3.8) is 0 Å². The van der Waals surface area contributed by atoms with Crippen molar-refractivity contribution in [1.29, 1.82) is 0 Å². The minimum atomic E-state index is -0.599. The van der Waals surface area contributed by atoms with Crippen LogP contribution in [0.25, 0.3) is 12.2 Å². The zero-order valence-corrected chi connectivity index (χ0v) is 25.1. The SMILES string of the molecule is O=C(/C=C/c1ccc(OCc2ccccc2)cc1)O[C@H]1COC2C1OC[C@H]2OC(=O)/C=C/c1ccc(OCc2ccccc2)cc1. The highest BCUT2D eigenvalue weighted by Gasteiger charge is 2.51. The van der Waals surface area contributed by atoms with Gasteiger partial charge in [-0.05, 0) is 58.7 Å². The average Bonchev–Trinajstić information content (AvgIpc) is 3.69. The number of esters is 2. The van der Waals surface area contributed by atoms with Gasteiger partial charge in [0, 0.05) is 12.2 Å². The van der Waals surface area contributed by atoms with E-state index in [9.17, 15) is 9.59 Å². The quantitative estimate of drug-likeness (QED) is 0.137. The van der Waals surface area contributed by atoms with Crippen LogP contribution < -0.4 is 9.47 Å². The first-order valence-electron chi connectivity index (χ1n) is 15.1. The number of hydrogen-bond acceptors (Lipinski definition) is 8. The van der Waals surface area contributed by atoms with Crippen LogP contribution in [0.5, 0.6) is 11.5 Å². The van der Waals surface area contributed by atoms with E-state index in [2.05, 4.69) is 0 Å². The molecule has 4 atom stereocenters. The lowest BCUT2D eigenvalue weighted by molar-refractivity contribution is -0.149. The first-order valence-corrected chi connectivity index (χ1v) is 15.1. The second-order valence-electron chi connectivity index (χ2n) is 10.9. The highest BCUT2D eigenvalue weighted by molar-refractivity contribution is 5.88. The van der Waals surface area contributed by atoms with Gasteiger partial charge in [0.15, 0.2) is 12.2 Å². The Labute approximate surface area is 267 Å². The van der Waals surface area contributed by atoms with Crippen LogP contribution in [0.3, 0.4) is 0 Å². The number of rotatable bonds is 12. The lowest BCUT2D eigenvalue weighted by Crippen LogP contribution is -2.35. The molecule has 2 heterocycles. The van der Waals surface area contributed by atoms with Crippen molar-refractivity contribution in [2.24, 2.45) is 0 Å². The third-order valence-electron chi connectivity index (χ3n) is 7.58. The number of fused-ring (bicyclic) bond motifs is 1. The molecule has 46 heavy (non-hydrogen) atoms. The van der Waals surface area contributed by atoms with Crippen LogP contribution in [0, 0.1) is 0 Å². The van der Waals surface area contributed by atoms with E-state index in [4.69, 9.17) is 28.4 Å². The lowest BCUT2D eigenvalue weighted by Gasteiger charge is -2.16. The minimum absolute atomic E-state index is 0.158. The molecule has 0 bridgehead atoms. The van der Waals surface area contributed by atoms with Gasteiger partial charge < -0.3 is 28.4 Å². The number of carbonyl (C=O) groups excluding carboxylic acids is 2. The van der Waals surface area contributed by atoms with E-state index in [0.717, 1.165) is 33.8 Å². The predicted molar refractivity (Wildman–Crippen MR) is 172 cm³/mol. The van der Waals surface area contributed by atoms with Crippen molar-refractivity contribution in [1.82, 2.24) is 0 Å². The van der Waals surface area contributed by atoms with Crippen molar-refractivity contribution in [2.45, 2.75) is 37.6 Å². The number of hydrogen-bond donors (Lipinski definition) is 0. The molecule has 234 valence electrons. The first kappa shape index (κ1) is 30.8. The Bertz CT molecular complexity index is 1510. The van der Waals surface area contributed by atoms with Crippen LogP contribution >= 0.6 is 0 Å². The molecular weight excluding hydrogens is 584 g/mol. The van der Waals surface area contributed by atoms with Crippen molar-refractivity contribution < 1.29 is 38.0 Å². The Hall–Kier alpha value is -5.18. The normalized spacial score (nSPS) is 20.4. The number of benzene rings is 4. The molecule has 2 unspecified atom stereocenters. The van der Waals surface area contributed by atoms with E-state index < -0.39 is 36.4 Å². The maximum absolute atomic E-state index is 12.5. The number of carbonyl (C=O) groups is 2. The summed E-state index contributed by atoms with van der Waals surface area (Å²) in [7, 11) is 0. The standard InChI is InChI=1S/C38H34O8/c39-35(21-15-27-11-17-31(18-12-27)41-23-29-7-3-1-4-8-29)45-33-25-43-38-34(26-44-37(33)38)46-36(40)22-16-28-13-19-32(20-14-28)42-24-30-9-5-2-6-10-30/h1-22,33-34,37-38H,23-26H2/b21-15+,22-16+/t33-,34+,37?,38?. The molecular formula is C38H34O8. The summed E-state index contributed by atoms with van der Waals surface area (Å²) in [5, 5.41) is 0. The highest BCUT2D eigenvalue weighted by Crippen LogP contribution is 2.31. The minimum Gasteiger partial charge on any atom is -0.489 e. The van der Waals surface area contributed by atoms with E-state index in [1.54, 1.807) is 12.2 Å². The van der Waals surface area contributed by atoms with E-state index in [1.807, 2.05) is 109 Å². The summed E-state index contributed by atoms with van der Waals surface area (Å²) in [5.41, 5.74) is 3.83. The van der Waals surface area contributed by atoms with Gasteiger partial charge in [-0.1, -0.05) is 84.9 Å². The molecule has 0 N–H and O–H groups in total. The van der Waals surface area contributed by atoms with Gasteiger partial charge in [0.2, 0.25) is 0 Å². The summed E-state index contributed by atoms with van der Waals surface area (Å²) < 4.78 is 34.4. The van der Waals surface area contributed by atoms with Gasteiger partial charge in [0.25, 0.3) is 0 Å². The fourth-order valence-electron chi connectivity index (χ4n) is 5.17. The molecule has 0 amide bonds. The zero-order chi connectivity index (χ0) is 31.6. The first-order chi connectivity index (χ1) is 22.6. The zero-order valence-electron chi connectivity index (χ0n) is 25.1. The summed E-state index contributed by atoms with van der Waals surface area (Å²) in [6, 6.07) is 34.7. The maximum Gasteiger partial charge on any atom is 0.331 e. The van der Waals surface area contributed by atoms with Crippen LogP contribution in [0.15, 0.2) is 121 Å². The van der Waals surface area contributed by atoms with Gasteiger partial charge in [-0.3, -0.25) is 0 Å². The molecule has 0 aliphatic carbocycles. The van der Waals surface area contributed by atoms with Crippen LogP contribution in [0.2, 0.25) is 0 Å². The van der Waals surface area contributed by atoms with Gasteiger partial charge >= 0.3 is 11.9 Å². The Morgan fingerprint density at radius 3 is 1.35 bits per heavy atom. The third-order valence-corrected chi connectivity index (χ3v) is 7.58. The van der Waals surface area contributed by atoms with E-state index in [0.29, 0.717) is 13.2 Å². The van der Waals surface area contributed by atoms with Crippen molar-refractivity contribution in [3.8, 4) is 11.5 Å². The molecule has 6 rings (SSSR count). The molecule has 2 saturated heterocycles. The van der Waals surface area contributed by atoms with Crippen LogP contribution in [-0.2, 0) is 41.8 Å². The van der Waals surface area contributed by atoms with Crippen LogP contribution in [0.4, 0.5) is 0 Å². The second-order valence-corrected chi connectivity index (χ2v) is 10.9. The molecule has 2 aliphatic heterocycles. The third kappa shape index (κ3) is 8.50. The van der Waals surface area contributed by atoms with Crippen LogP contribution in [-0.4, -0.2) is 49.6 Å². The van der Waals surface area contributed by atoms with Gasteiger partial charge in [0.1, 0.15) is 36.9 Å². The van der Waals surface area contributed by atoms with Crippen LogP contribution in [0.1, 0.15) is 22.3 Å². The Morgan fingerprint density at radius 2 is 0.957 bits per heavy atom. The molecule has 0 aromatic heterocycles. The molecule has 4 aromatic rings. The van der Waals surface area contributed by atoms with Gasteiger partial charge in [-0.25, -0.2) is 9.59 Å². The molecule has 8 heteroatoms. The summed E-state index contributed by atoms with van der Waals surface area (Å²) in [6.45, 7) is 1.27. The lowest BCUT2D eigenvalue weighted by atomic mass is 10.1. The van der Waals surface area contributed by atoms with E-state index in [-0.39, 0.29) is 13.2 Å². The number of ether oxygens (including phenoxy) is 6. The molecule has 2 aliphatic rings. The monoisotopic (exact) mass is 618 g/mol. The molecule has 2 fully saturated rings. The van der Waals surface area contributed by atoms with E-state index in [1.165, 1.54) is 12.2 Å². The summed E-state index contributed by atoms with van der Waals surface area (Å²) >= 11 is 0. The summed E-state index contributed by atoms with van der Waals surface area (Å²) in [4.78, 5) is 25.1. The van der Waals surface area contributed by atoms with Gasteiger partial charge in [-0.2, -0.15) is 0 Å². The molecule has 8 nitrogen and oxygen atoms in total. The Balaban J connectivity index is 0.922. The molecule has 0 spiro atoms. The Kier molecular flexibility index (Phi) is 10.2. The Morgan fingerprint density at radius 1 is 0.565 bits per heavy atom. The molecule has 0 saturated carbocycles. The fourth-order valence-corrected chi connectivity index (χ4v) is 5.17. The van der Waals surface area contributed by atoms with E-state index >= 15 is 0 Å². The molecule has 4 aromatic carbocycles. The van der Waals surface area contributed by atoms with Crippen molar-refractivity contribution >= 4 is 24.1 Å². The summed E-state index contributed by atoms with van der Waals surface area (Å²) in [6.07, 6.45) is 3.87. The van der Waals surface area contributed by atoms with Crippen molar-refractivity contribution in [2.75, 3.05) is 13.2 Å². The molecule has 0 radical (unpaired) electrons. The average molecular weight is 619 g/mol. The second kappa shape index (κ2) is 15.2. The summed E-state index contributed by atoms with van der Waals surface area (Å²) in [5.74, 6) is 0.450.